The van der Waals surface area contributed by atoms with Crippen LogP contribution in [0.4, 0.5) is 0 Å². The van der Waals surface area contributed by atoms with Crippen LogP contribution < -0.4 is 10.1 Å². The third-order valence-electron chi connectivity index (χ3n) is 2.43. The van der Waals surface area contributed by atoms with Gasteiger partial charge in [-0.25, -0.2) is 0 Å². The van der Waals surface area contributed by atoms with E-state index in [1.165, 1.54) is 0 Å². The van der Waals surface area contributed by atoms with Crippen molar-refractivity contribution < 1.29 is 9.53 Å². The van der Waals surface area contributed by atoms with Crippen molar-refractivity contribution in [2.24, 2.45) is 0 Å². The highest BCUT2D eigenvalue weighted by molar-refractivity contribution is 5.80. The fourth-order valence-corrected chi connectivity index (χ4v) is 1.22. The van der Waals surface area contributed by atoms with Crippen molar-refractivity contribution in [3.63, 3.8) is 0 Å². The van der Waals surface area contributed by atoms with Crippen molar-refractivity contribution in [2.75, 3.05) is 0 Å². The fourth-order valence-electron chi connectivity index (χ4n) is 1.22. The van der Waals surface area contributed by atoms with Gasteiger partial charge in [0.15, 0.2) is 6.10 Å². The molecule has 0 aromatic heterocycles. The van der Waals surface area contributed by atoms with Gasteiger partial charge < -0.3 is 10.1 Å². The SMILES string of the molecule is CC[C@@H](C)NC(=O)[C@@H](C)Oc1ccccc1. The highest BCUT2D eigenvalue weighted by atomic mass is 16.5. The Bertz CT molecular complexity index is 324. The molecule has 0 spiro atoms. The Morgan fingerprint density at radius 2 is 1.94 bits per heavy atom. The molecule has 1 aromatic rings. The van der Waals surface area contributed by atoms with Gasteiger partial charge in [0.25, 0.3) is 5.91 Å². The summed E-state index contributed by atoms with van der Waals surface area (Å²) >= 11 is 0. The van der Waals surface area contributed by atoms with E-state index in [1.807, 2.05) is 44.2 Å². The average molecular weight is 221 g/mol. The van der Waals surface area contributed by atoms with Crippen LogP contribution in [0, 0.1) is 0 Å². The average Bonchev–Trinajstić information content (AvgIpc) is 2.30. The summed E-state index contributed by atoms with van der Waals surface area (Å²) in [5.41, 5.74) is 0. The first-order valence-corrected chi connectivity index (χ1v) is 5.65. The van der Waals surface area contributed by atoms with Gasteiger partial charge in [-0.05, 0) is 32.4 Å². The van der Waals surface area contributed by atoms with Gasteiger partial charge in [0.1, 0.15) is 5.75 Å². The molecule has 2 atom stereocenters. The van der Waals surface area contributed by atoms with E-state index < -0.39 is 6.10 Å². The standard InChI is InChI=1S/C13H19NO2/c1-4-10(2)14-13(15)11(3)16-12-8-6-5-7-9-12/h5-11H,4H2,1-3H3,(H,14,15)/t10-,11-/m1/s1. The Labute approximate surface area is 96.8 Å². The number of ether oxygens (including phenoxy) is 1. The van der Waals surface area contributed by atoms with Crippen LogP contribution in [-0.4, -0.2) is 18.1 Å². The molecule has 0 aliphatic rings. The van der Waals surface area contributed by atoms with E-state index in [1.54, 1.807) is 6.92 Å². The summed E-state index contributed by atoms with van der Waals surface area (Å²) < 4.78 is 5.51. The normalized spacial score (nSPS) is 13.9. The van der Waals surface area contributed by atoms with Gasteiger partial charge in [0.05, 0.1) is 0 Å². The molecule has 1 aromatic carbocycles. The quantitative estimate of drug-likeness (QED) is 0.829. The molecular weight excluding hydrogens is 202 g/mol. The summed E-state index contributed by atoms with van der Waals surface area (Å²) in [6.07, 6.45) is 0.459. The van der Waals surface area contributed by atoms with Gasteiger partial charge in [0.2, 0.25) is 0 Å². The molecule has 0 saturated carbocycles. The minimum atomic E-state index is -0.462. The Balaban J connectivity index is 2.46. The first-order valence-electron chi connectivity index (χ1n) is 5.65. The third kappa shape index (κ3) is 3.93. The molecule has 1 amide bonds. The van der Waals surface area contributed by atoms with E-state index in [-0.39, 0.29) is 11.9 Å². The monoisotopic (exact) mass is 221 g/mol. The lowest BCUT2D eigenvalue weighted by Crippen LogP contribution is -2.40. The highest BCUT2D eigenvalue weighted by Crippen LogP contribution is 2.10. The van der Waals surface area contributed by atoms with Crippen molar-refractivity contribution in [1.82, 2.24) is 5.32 Å². The number of para-hydroxylation sites is 1. The second-order valence-electron chi connectivity index (χ2n) is 3.89. The Morgan fingerprint density at radius 1 is 1.31 bits per heavy atom. The number of carbonyl (C=O) groups is 1. The number of carbonyl (C=O) groups excluding carboxylic acids is 1. The molecule has 0 heterocycles. The van der Waals surface area contributed by atoms with Crippen molar-refractivity contribution in [1.29, 1.82) is 0 Å². The minimum Gasteiger partial charge on any atom is -0.481 e. The topological polar surface area (TPSA) is 38.3 Å². The molecule has 1 rings (SSSR count). The summed E-state index contributed by atoms with van der Waals surface area (Å²) in [4.78, 5) is 11.7. The Kier molecular flexibility index (Phi) is 4.83. The van der Waals surface area contributed by atoms with Crippen LogP contribution in [0.5, 0.6) is 5.75 Å². The van der Waals surface area contributed by atoms with Gasteiger partial charge in [-0.3, -0.25) is 4.79 Å². The van der Waals surface area contributed by atoms with Crippen LogP contribution >= 0.6 is 0 Å². The van der Waals surface area contributed by atoms with Gasteiger partial charge in [-0.1, -0.05) is 25.1 Å². The summed E-state index contributed by atoms with van der Waals surface area (Å²) in [5.74, 6) is 0.646. The molecule has 16 heavy (non-hydrogen) atoms. The van der Waals surface area contributed by atoms with Crippen molar-refractivity contribution in [2.45, 2.75) is 39.3 Å². The molecule has 88 valence electrons. The predicted molar refractivity (Wildman–Crippen MR) is 64.4 cm³/mol. The van der Waals surface area contributed by atoms with E-state index in [4.69, 9.17) is 4.74 Å². The van der Waals surface area contributed by atoms with Crippen LogP contribution in [0.15, 0.2) is 30.3 Å². The van der Waals surface area contributed by atoms with Crippen LogP contribution in [0.2, 0.25) is 0 Å². The first-order chi connectivity index (χ1) is 7.63. The van der Waals surface area contributed by atoms with E-state index in [0.717, 1.165) is 6.42 Å². The fraction of sp³-hybridized carbons (Fsp3) is 0.462. The summed E-state index contributed by atoms with van der Waals surface area (Å²) in [6.45, 7) is 5.77. The van der Waals surface area contributed by atoms with E-state index in [2.05, 4.69) is 5.32 Å². The smallest absolute Gasteiger partial charge is 0.260 e. The number of nitrogens with one attached hydrogen (secondary N) is 1. The summed E-state index contributed by atoms with van der Waals surface area (Å²) in [7, 11) is 0. The van der Waals surface area contributed by atoms with E-state index in [9.17, 15) is 4.79 Å². The van der Waals surface area contributed by atoms with E-state index in [0.29, 0.717) is 5.75 Å². The molecule has 1 N–H and O–H groups in total. The lowest BCUT2D eigenvalue weighted by molar-refractivity contribution is -0.127. The molecule has 0 unspecified atom stereocenters. The minimum absolute atomic E-state index is 0.0711. The number of hydrogen-bond donors (Lipinski definition) is 1. The van der Waals surface area contributed by atoms with Crippen LogP contribution in [0.3, 0.4) is 0 Å². The molecule has 0 fully saturated rings. The predicted octanol–water partition coefficient (Wildman–Crippen LogP) is 2.37. The lowest BCUT2D eigenvalue weighted by atomic mass is 10.2. The summed E-state index contributed by atoms with van der Waals surface area (Å²) in [5, 5.41) is 2.89. The second-order valence-corrected chi connectivity index (χ2v) is 3.89. The zero-order valence-corrected chi connectivity index (χ0v) is 10.1. The largest absolute Gasteiger partial charge is 0.481 e. The lowest BCUT2D eigenvalue weighted by Gasteiger charge is -2.17. The number of benzene rings is 1. The van der Waals surface area contributed by atoms with Crippen molar-refractivity contribution in [3.8, 4) is 5.75 Å². The van der Waals surface area contributed by atoms with Crippen LogP contribution in [-0.2, 0) is 4.79 Å². The Hall–Kier alpha value is -1.51. The highest BCUT2D eigenvalue weighted by Gasteiger charge is 2.15. The molecule has 0 radical (unpaired) electrons. The number of hydrogen-bond acceptors (Lipinski definition) is 2. The molecule has 3 nitrogen and oxygen atoms in total. The number of amides is 1. The van der Waals surface area contributed by atoms with Gasteiger partial charge in [0, 0.05) is 6.04 Å². The molecule has 3 heteroatoms. The molecule has 0 aliphatic heterocycles. The zero-order chi connectivity index (χ0) is 12.0. The van der Waals surface area contributed by atoms with Gasteiger partial charge in [-0.2, -0.15) is 0 Å². The molecule has 0 saturated heterocycles. The van der Waals surface area contributed by atoms with Crippen molar-refractivity contribution in [3.05, 3.63) is 30.3 Å². The second kappa shape index (κ2) is 6.16. The van der Waals surface area contributed by atoms with Crippen LogP contribution in [0.1, 0.15) is 27.2 Å². The maximum atomic E-state index is 11.7. The molecule has 0 aliphatic carbocycles. The molecule has 0 bridgehead atoms. The maximum absolute atomic E-state index is 11.7. The Morgan fingerprint density at radius 3 is 2.50 bits per heavy atom. The first kappa shape index (κ1) is 12.6. The third-order valence-corrected chi connectivity index (χ3v) is 2.43. The number of rotatable bonds is 5. The van der Waals surface area contributed by atoms with Crippen molar-refractivity contribution >= 4 is 5.91 Å². The van der Waals surface area contributed by atoms with Gasteiger partial charge >= 0.3 is 0 Å². The zero-order valence-electron chi connectivity index (χ0n) is 10.1. The van der Waals surface area contributed by atoms with Gasteiger partial charge in [-0.15, -0.1) is 0 Å². The molecular formula is C13H19NO2. The summed E-state index contributed by atoms with van der Waals surface area (Å²) in [6, 6.07) is 9.55. The maximum Gasteiger partial charge on any atom is 0.260 e. The van der Waals surface area contributed by atoms with Crippen LogP contribution in [0.25, 0.3) is 0 Å². The van der Waals surface area contributed by atoms with E-state index >= 15 is 0 Å².